The molecule has 0 aliphatic rings. The number of amides is 6. The summed E-state index contributed by atoms with van der Waals surface area (Å²) in [5.74, 6) is -18.7. The normalized spacial score (nSPS) is 17.6. The van der Waals surface area contributed by atoms with E-state index in [2.05, 4.69) is 26.3 Å². The SMILES string of the molecule is O=C(O)C(F)(F)F.[2H]C([2H])([2H])C([2H])(C([2H])([2H])[2H])C([2H])([2H])C([2H])(NC(=O)[C@H](Cc1c[nH]c2ccccc12)NC(=O)[C@H](CCC(=O)O)NC(=O)[C@@H](NC(=O)[C@H](Cc1ccccc1)NC(=O)[C@@H](N)CC(C)C)[C@@H](C)CC)C(=O)N[C@H](CCCCN)C(=O)O. The third kappa shape index (κ3) is 22.9. The molecule has 0 bridgehead atoms. The molecule has 24 heteroatoms. The lowest BCUT2D eigenvalue weighted by Gasteiger charge is -2.29. The molecule has 75 heavy (non-hydrogen) atoms. The van der Waals surface area contributed by atoms with E-state index in [9.17, 15) is 63.1 Å². The number of halogens is 3. The number of carboxylic acids is 3. The number of carbonyl (C=O) groups is 9. The molecule has 1 heterocycles. The first-order valence-corrected chi connectivity index (χ1v) is 23.7. The fourth-order valence-corrected chi connectivity index (χ4v) is 7.17. The van der Waals surface area contributed by atoms with Crippen LogP contribution in [0.1, 0.15) is 118 Å². The zero-order chi connectivity index (χ0) is 65.2. The molecule has 6 amide bonds. The van der Waals surface area contributed by atoms with Crippen LogP contribution in [-0.2, 0) is 56.0 Å². The monoisotopic (exact) mass is 1070 g/mol. The van der Waals surface area contributed by atoms with Crippen molar-refractivity contribution in [3.8, 4) is 0 Å². The fraction of sp³-hybridized carbons (Fsp3) is 0.549. The first-order chi connectivity index (χ1) is 39.1. The van der Waals surface area contributed by atoms with Gasteiger partial charge in [-0.05, 0) is 79.9 Å². The van der Waals surface area contributed by atoms with E-state index in [0.29, 0.717) is 16.5 Å². The van der Waals surface area contributed by atoms with Crippen molar-refractivity contribution in [3.05, 3.63) is 71.9 Å². The number of H-pyrrole nitrogens is 1. The number of aromatic amines is 1. The number of aliphatic carboxylic acids is 3. The highest BCUT2D eigenvalue weighted by molar-refractivity contribution is 5.98. The Kier molecular flexibility index (Phi) is 20.6. The summed E-state index contributed by atoms with van der Waals surface area (Å²) in [6.45, 7) is -1.32. The minimum atomic E-state index is -5.08. The van der Waals surface area contributed by atoms with Crippen LogP contribution in [0.2, 0.25) is 0 Å². The van der Waals surface area contributed by atoms with Crippen LogP contribution in [0.15, 0.2) is 60.8 Å². The summed E-state index contributed by atoms with van der Waals surface area (Å²) >= 11 is 0. The number of aromatic nitrogens is 1. The van der Waals surface area contributed by atoms with E-state index in [1.54, 1.807) is 73.8 Å². The molecular formula is C51H74F3N9O12. The molecule has 416 valence electrons. The Bertz CT molecular complexity index is 2780. The minimum absolute atomic E-state index is 0.0229. The van der Waals surface area contributed by atoms with Crippen LogP contribution < -0.4 is 43.4 Å². The lowest BCUT2D eigenvalue weighted by atomic mass is 9.96. The first-order valence-electron chi connectivity index (χ1n) is 28.7. The average Bonchev–Trinajstić information content (AvgIpc) is 1.09. The van der Waals surface area contributed by atoms with Gasteiger partial charge in [0.05, 0.1) is 7.41 Å². The summed E-state index contributed by atoms with van der Waals surface area (Å²) in [5, 5.41) is 41.0. The van der Waals surface area contributed by atoms with Crippen LogP contribution >= 0.6 is 0 Å². The van der Waals surface area contributed by atoms with Gasteiger partial charge in [0.25, 0.3) is 0 Å². The summed E-state index contributed by atoms with van der Waals surface area (Å²) in [6.07, 6.45) is -9.96. The number of benzene rings is 2. The summed E-state index contributed by atoms with van der Waals surface area (Å²) in [4.78, 5) is 122. The molecule has 1 unspecified atom stereocenters. The van der Waals surface area contributed by atoms with Crippen LogP contribution in [0.5, 0.6) is 0 Å². The van der Waals surface area contributed by atoms with Crippen LogP contribution in [0.3, 0.4) is 0 Å². The molecule has 0 saturated heterocycles. The Morgan fingerprint density at radius 2 is 1.28 bits per heavy atom. The van der Waals surface area contributed by atoms with Gasteiger partial charge < -0.3 is 63.7 Å². The van der Waals surface area contributed by atoms with Crippen molar-refractivity contribution >= 4 is 64.3 Å². The highest BCUT2D eigenvalue weighted by Gasteiger charge is 2.39. The van der Waals surface area contributed by atoms with Crippen LogP contribution in [0.4, 0.5) is 13.2 Å². The molecule has 0 spiro atoms. The second-order valence-electron chi connectivity index (χ2n) is 17.8. The van der Waals surface area contributed by atoms with Crippen molar-refractivity contribution < 1.29 is 85.3 Å². The van der Waals surface area contributed by atoms with Gasteiger partial charge >= 0.3 is 24.1 Å². The third-order valence-corrected chi connectivity index (χ3v) is 11.3. The van der Waals surface area contributed by atoms with Gasteiger partial charge in [0, 0.05) is 48.7 Å². The highest BCUT2D eigenvalue weighted by atomic mass is 19.4. The number of carboxylic acid groups (broad SMARTS) is 3. The van der Waals surface area contributed by atoms with Crippen molar-refractivity contribution in [1.29, 1.82) is 0 Å². The molecule has 14 N–H and O–H groups in total. The molecule has 0 saturated carbocycles. The van der Waals surface area contributed by atoms with Gasteiger partial charge in [-0.1, -0.05) is 96.4 Å². The van der Waals surface area contributed by atoms with Crippen molar-refractivity contribution in [2.24, 2.45) is 29.2 Å². The summed E-state index contributed by atoms with van der Waals surface area (Å²) < 4.78 is 116. The number of fused-ring (bicyclic) bond motifs is 1. The maximum absolute atomic E-state index is 14.9. The number of hydrogen-bond donors (Lipinski definition) is 12. The molecule has 0 aliphatic heterocycles. The molecule has 1 aromatic heterocycles. The van der Waals surface area contributed by atoms with Crippen molar-refractivity contribution in [1.82, 2.24) is 36.9 Å². The predicted octanol–water partition coefficient (Wildman–Crippen LogP) is 3.04. The average molecular weight is 1070 g/mol. The largest absolute Gasteiger partial charge is 0.490 e. The van der Waals surface area contributed by atoms with Gasteiger partial charge in [0.15, 0.2) is 0 Å². The number of alkyl halides is 3. The second-order valence-corrected chi connectivity index (χ2v) is 17.8. The van der Waals surface area contributed by atoms with Gasteiger partial charge in [-0.2, -0.15) is 13.2 Å². The van der Waals surface area contributed by atoms with Gasteiger partial charge in [-0.25, -0.2) is 9.59 Å². The lowest BCUT2D eigenvalue weighted by molar-refractivity contribution is -0.192. The van der Waals surface area contributed by atoms with Crippen LogP contribution in [0, 0.1) is 17.7 Å². The van der Waals surface area contributed by atoms with Gasteiger partial charge in [0.1, 0.15) is 36.2 Å². The van der Waals surface area contributed by atoms with E-state index < -0.39 is 159 Å². The molecule has 0 fully saturated rings. The molecule has 0 radical (unpaired) electrons. The standard InChI is InChI=1S/C49H73N9O10.C2HF3O2/c1-7-30(6)42(58-47(65)39(25-31-15-9-8-10-16-31)55-43(61)34(51)23-28(2)3)48(66)53-36(20-21-41(59)60)44(62)57-40(26-32-27-52-35-18-12-11-17-33(32)35)46(64)56-38(24-29(4)5)45(63)54-37(49(67)68)19-13-14-22-50;3-2(4,5)1(6)7/h8-12,15-18,27-30,34,36-40,42,52H,7,13-14,19-26,50-51H2,1-6H3,(H,53,66)(H,54,63)(H,55,61)(H,56,64)(H,57,62)(H,58,65)(H,59,60)(H,67,68);(H,6,7)/t30-,34-,36-,37+,38?,39-,40-,42-;/m0./s1/i4D3,5D3,24D2,29D,38D;. The van der Waals surface area contributed by atoms with E-state index in [0.717, 1.165) is 0 Å². The van der Waals surface area contributed by atoms with E-state index in [1.807, 2.05) is 19.2 Å². The third-order valence-electron chi connectivity index (χ3n) is 11.3. The minimum Gasteiger partial charge on any atom is -0.481 e. The van der Waals surface area contributed by atoms with Gasteiger partial charge in [-0.15, -0.1) is 0 Å². The quantitative estimate of drug-likeness (QED) is 0.0427. The van der Waals surface area contributed by atoms with E-state index in [-0.39, 0.29) is 50.1 Å². The number of rotatable bonds is 30. The summed E-state index contributed by atoms with van der Waals surface area (Å²) in [6, 6.07) is 1.15. The van der Waals surface area contributed by atoms with Gasteiger partial charge in [0.2, 0.25) is 35.4 Å². The smallest absolute Gasteiger partial charge is 0.481 e. The molecule has 0 aliphatic carbocycles. The highest BCUT2D eigenvalue weighted by Crippen LogP contribution is 2.20. The number of para-hydroxylation sites is 1. The summed E-state index contributed by atoms with van der Waals surface area (Å²) in [5.41, 5.74) is 13.0. The molecule has 21 nitrogen and oxygen atoms in total. The van der Waals surface area contributed by atoms with Crippen molar-refractivity contribution in [2.45, 2.75) is 154 Å². The fourth-order valence-electron chi connectivity index (χ4n) is 7.17. The number of nitrogens with one attached hydrogen (secondary N) is 7. The number of nitrogens with two attached hydrogens (primary N) is 2. The maximum atomic E-state index is 14.9. The van der Waals surface area contributed by atoms with E-state index in [4.69, 9.17) is 33.7 Å². The second kappa shape index (κ2) is 31.6. The molecule has 8 atom stereocenters. The van der Waals surface area contributed by atoms with E-state index >= 15 is 0 Å². The Labute approximate surface area is 447 Å². The van der Waals surface area contributed by atoms with E-state index in [1.165, 1.54) is 6.20 Å². The molecule has 3 aromatic rings. The zero-order valence-corrected chi connectivity index (χ0v) is 41.8. The van der Waals surface area contributed by atoms with Gasteiger partial charge in [-0.3, -0.25) is 33.6 Å². The zero-order valence-electron chi connectivity index (χ0n) is 51.8. The Morgan fingerprint density at radius 3 is 1.85 bits per heavy atom. The van der Waals surface area contributed by atoms with Crippen LogP contribution in [0.25, 0.3) is 10.9 Å². The Morgan fingerprint density at radius 1 is 0.720 bits per heavy atom. The number of unbranched alkanes of at least 4 members (excludes halogenated alkanes) is 1. The number of hydrogen-bond acceptors (Lipinski definition) is 11. The maximum Gasteiger partial charge on any atom is 0.490 e. The van der Waals surface area contributed by atoms with Crippen molar-refractivity contribution in [3.63, 3.8) is 0 Å². The molecular weight excluding hydrogens is 988 g/mol. The Hall–Kier alpha value is -7.08. The Balaban J connectivity index is 0.00000330. The molecule has 2 aromatic carbocycles. The van der Waals surface area contributed by atoms with Crippen molar-refractivity contribution in [2.75, 3.05) is 6.54 Å². The molecule has 3 rings (SSSR count). The topological polar surface area (TPSA) is 354 Å². The van der Waals surface area contributed by atoms with Crippen LogP contribution in [-0.4, -0.2) is 129 Å². The first kappa shape index (κ1) is 48.8. The predicted molar refractivity (Wildman–Crippen MR) is 271 cm³/mol. The number of carbonyl (C=O) groups excluding carboxylic acids is 6. The lowest BCUT2D eigenvalue weighted by Crippen LogP contribution is -2.61. The summed E-state index contributed by atoms with van der Waals surface area (Å²) in [7, 11) is 0.